The standard InChI is InChI=1S/C13H23NO3S/c1-3-5-6-10(4-2)7-17-13(16)11-8-18-9-12(15)14-11/h10-11H,3-9H2,1-2H3,(H,14,15). The molecule has 0 spiro atoms. The van der Waals surface area contributed by atoms with Gasteiger partial charge in [0.05, 0.1) is 12.4 Å². The highest BCUT2D eigenvalue weighted by atomic mass is 32.2. The minimum Gasteiger partial charge on any atom is -0.464 e. The van der Waals surface area contributed by atoms with Gasteiger partial charge in [0.1, 0.15) is 6.04 Å². The predicted molar refractivity (Wildman–Crippen MR) is 73.5 cm³/mol. The molecule has 0 aromatic rings. The summed E-state index contributed by atoms with van der Waals surface area (Å²) in [5.74, 6) is 1.14. The Kier molecular flexibility index (Phi) is 7.16. The molecule has 2 unspecified atom stereocenters. The molecule has 0 aromatic heterocycles. The second-order valence-electron chi connectivity index (χ2n) is 4.68. The first-order valence-electron chi connectivity index (χ1n) is 6.71. The van der Waals surface area contributed by atoms with Crippen LogP contribution in [0.3, 0.4) is 0 Å². The van der Waals surface area contributed by atoms with Gasteiger partial charge in [-0.25, -0.2) is 4.79 Å². The van der Waals surface area contributed by atoms with E-state index in [4.69, 9.17) is 4.74 Å². The van der Waals surface area contributed by atoms with Crippen LogP contribution in [-0.2, 0) is 14.3 Å². The highest BCUT2D eigenvalue weighted by Crippen LogP contribution is 2.14. The lowest BCUT2D eigenvalue weighted by Crippen LogP contribution is -2.48. The van der Waals surface area contributed by atoms with E-state index in [2.05, 4.69) is 19.2 Å². The molecule has 1 saturated heterocycles. The van der Waals surface area contributed by atoms with Crippen molar-refractivity contribution in [3.8, 4) is 0 Å². The average molecular weight is 273 g/mol. The molecule has 1 amide bonds. The third-order valence-corrected chi connectivity index (χ3v) is 4.18. The van der Waals surface area contributed by atoms with Crippen molar-refractivity contribution >= 4 is 23.6 Å². The van der Waals surface area contributed by atoms with Crippen LogP contribution in [0.4, 0.5) is 0 Å². The maximum atomic E-state index is 11.8. The number of amides is 1. The molecule has 0 bridgehead atoms. The zero-order chi connectivity index (χ0) is 13.4. The number of ether oxygens (including phenoxy) is 1. The van der Waals surface area contributed by atoms with Gasteiger partial charge in [-0.3, -0.25) is 4.79 Å². The van der Waals surface area contributed by atoms with Crippen LogP contribution in [0.1, 0.15) is 39.5 Å². The van der Waals surface area contributed by atoms with Gasteiger partial charge in [-0.2, -0.15) is 0 Å². The fourth-order valence-corrected chi connectivity index (χ4v) is 2.71. The van der Waals surface area contributed by atoms with E-state index in [1.54, 1.807) is 0 Å². The third kappa shape index (κ3) is 5.29. The van der Waals surface area contributed by atoms with Crippen molar-refractivity contribution in [3.63, 3.8) is 0 Å². The lowest BCUT2D eigenvalue weighted by Gasteiger charge is -2.22. The fraction of sp³-hybridized carbons (Fsp3) is 0.846. The van der Waals surface area contributed by atoms with Crippen LogP contribution in [0.25, 0.3) is 0 Å². The minimum absolute atomic E-state index is 0.0776. The number of rotatable bonds is 7. The van der Waals surface area contributed by atoms with Gasteiger partial charge in [0.25, 0.3) is 0 Å². The summed E-state index contributed by atoms with van der Waals surface area (Å²) in [4.78, 5) is 23.0. The van der Waals surface area contributed by atoms with Crippen LogP contribution < -0.4 is 5.32 Å². The first-order valence-corrected chi connectivity index (χ1v) is 7.86. The summed E-state index contributed by atoms with van der Waals surface area (Å²) in [7, 11) is 0. The second kappa shape index (κ2) is 8.40. The maximum Gasteiger partial charge on any atom is 0.329 e. The van der Waals surface area contributed by atoms with Gasteiger partial charge in [0.2, 0.25) is 5.91 Å². The average Bonchev–Trinajstić information content (AvgIpc) is 2.38. The van der Waals surface area contributed by atoms with Crippen molar-refractivity contribution in [2.24, 2.45) is 5.92 Å². The Morgan fingerprint density at radius 2 is 2.33 bits per heavy atom. The first-order chi connectivity index (χ1) is 8.67. The second-order valence-corrected chi connectivity index (χ2v) is 5.71. The molecule has 1 aliphatic rings. The van der Waals surface area contributed by atoms with E-state index in [-0.39, 0.29) is 11.9 Å². The highest BCUT2D eigenvalue weighted by molar-refractivity contribution is 8.00. The Morgan fingerprint density at radius 1 is 1.56 bits per heavy atom. The lowest BCUT2D eigenvalue weighted by molar-refractivity contribution is -0.148. The molecule has 2 atom stereocenters. The normalized spacial score (nSPS) is 21.2. The molecule has 0 radical (unpaired) electrons. The molecule has 5 heteroatoms. The van der Waals surface area contributed by atoms with E-state index in [0.29, 0.717) is 24.0 Å². The number of thioether (sulfide) groups is 1. The number of carbonyl (C=O) groups is 2. The Balaban J connectivity index is 2.28. The van der Waals surface area contributed by atoms with Gasteiger partial charge >= 0.3 is 5.97 Å². The van der Waals surface area contributed by atoms with Crippen molar-refractivity contribution in [2.45, 2.75) is 45.6 Å². The van der Waals surface area contributed by atoms with Crippen LogP contribution in [0, 0.1) is 5.92 Å². The smallest absolute Gasteiger partial charge is 0.329 e. The summed E-state index contributed by atoms with van der Waals surface area (Å²) in [5.41, 5.74) is 0. The van der Waals surface area contributed by atoms with Gasteiger partial charge in [-0.1, -0.05) is 33.1 Å². The van der Waals surface area contributed by atoms with Gasteiger partial charge in [0.15, 0.2) is 0 Å². The zero-order valence-corrected chi connectivity index (χ0v) is 12.1. The molecule has 0 aromatic carbocycles. The molecule has 1 aliphatic heterocycles. The van der Waals surface area contributed by atoms with E-state index in [9.17, 15) is 9.59 Å². The van der Waals surface area contributed by atoms with Crippen molar-refractivity contribution in [1.82, 2.24) is 5.32 Å². The maximum absolute atomic E-state index is 11.8. The molecular weight excluding hydrogens is 250 g/mol. The molecule has 1 N–H and O–H groups in total. The summed E-state index contributed by atoms with van der Waals surface area (Å²) in [6.45, 7) is 4.76. The monoisotopic (exact) mass is 273 g/mol. The quantitative estimate of drug-likeness (QED) is 0.721. The largest absolute Gasteiger partial charge is 0.464 e. The molecule has 1 rings (SSSR count). The van der Waals surface area contributed by atoms with E-state index in [1.807, 2.05) is 0 Å². The van der Waals surface area contributed by atoms with E-state index in [0.717, 1.165) is 12.8 Å². The van der Waals surface area contributed by atoms with Crippen molar-refractivity contribution < 1.29 is 14.3 Å². The number of carbonyl (C=O) groups excluding carboxylic acids is 2. The third-order valence-electron chi connectivity index (χ3n) is 3.14. The van der Waals surface area contributed by atoms with Crippen LogP contribution in [0.2, 0.25) is 0 Å². The summed E-state index contributed by atoms with van der Waals surface area (Å²) < 4.78 is 5.31. The highest BCUT2D eigenvalue weighted by Gasteiger charge is 2.26. The van der Waals surface area contributed by atoms with E-state index < -0.39 is 6.04 Å². The molecule has 1 heterocycles. The van der Waals surface area contributed by atoms with Gasteiger partial charge in [-0.05, 0) is 12.3 Å². The van der Waals surface area contributed by atoms with Gasteiger partial charge in [-0.15, -0.1) is 11.8 Å². The fourth-order valence-electron chi connectivity index (χ4n) is 1.87. The summed E-state index contributed by atoms with van der Waals surface area (Å²) in [5, 5.41) is 2.67. The van der Waals surface area contributed by atoms with Crippen molar-refractivity contribution in [3.05, 3.63) is 0 Å². The van der Waals surface area contributed by atoms with Crippen LogP contribution in [0.5, 0.6) is 0 Å². The molecule has 104 valence electrons. The van der Waals surface area contributed by atoms with Crippen molar-refractivity contribution in [2.75, 3.05) is 18.1 Å². The van der Waals surface area contributed by atoms with Crippen molar-refractivity contribution in [1.29, 1.82) is 0 Å². The van der Waals surface area contributed by atoms with Gasteiger partial charge < -0.3 is 10.1 Å². The number of esters is 1. The number of hydrogen-bond acceptors (Lipinski definition) is 4. The zero-order valence-electron chi connectivity index (χ0n) is 11.2. The molecule has 0 aliphatic carbocycles. The molecule has 0 saturated carbocycles. The van der Waals surface area contributed by atoms with Crippen LogP contribution in [-0.4, -0.2) is 36.0 Å². The SMILES string of the molecule is CCCCC(CC)COC(=O)C1CSCC(=O)N1. The Labute approximate surface area is 113 Å². The Bertz CT molecular complexity index is 283. The number of nitrogens with one attached hydrogen (secondary N) is 1. The molecule has 1 fully saturated rings. The molecular formula is C13H23NO3S. The van der Waals surface area contributed by atoms with Crippen LogP contribution in [0.15, 0.2) is 0 Å². The summed E-state index contributed by atoms with van der Waals surface area (Å²) >= 11 is 1.48. The lowest BCUT2D eigenvalue weighted by atomic mass is 10.0. The topological polar surface area (TPSA) is 55.4 Å². The van der Waals surface area contributed by atoms with Gasteiger partial charge in [0, 0.05) is 5.75 Å². The van der Waals surface area contributed by atoms with Crippen LogP contribution >= 0.6 is 11.8 Å². The molecule has 4 nitrogen and oxygen atoms in total. The minimum atomic E-state index is -0.458. The Morgan fingerprint density at radius 3 is 2.94 bits per heavy atom. The van der Waals surface area contributed by atoms with E-state index >= 15 is 0 Å². The number of hydrogen-bond donors (Lipinski definition) is 1. The van der Waals surface area contributed by atoms with E-state index in [1.165, 1.54) is 24.6 Å². The summed E-state index contributed by atoms with van der Waals surface area (Å²) in [6, 6.07) is -0.458. The summed E-state index contributed by atoms with van der Waals surface area (Å²) in [6.07, 6.45) is 4.47. The molecule has 18 heavy (non-hydrogen) atoms. The first kappa shape index (κ1) is 15.3. The predicted octanol–water partition coefficient (Wildman–Crippen LogP) is 1.98. The Hall–Kier alpha value is -0.710. The number of unbranched alkanes of at least 4 members (excludes halogenated alkanes) is 1.